The van der Waals surface area contributed by atoms with Gasteiger partial charge in [-0.05, 0) is 0 Å². The first-order valence-corrected chi connectivity index (χ1v) is 1.76. The van der Waals surface area contributed by atoms with Crippen molar-refractivity contribution in [2.75, 3.05) is 6.54 Å². The van der Waals surface area contributed by atoms with E-state index >= 15 is 0 Å². The van der Waals surface area contributed by atoms with Crippen molar-refractivity contribution in [3.63, 3.8) is 0 Å². The van der Waals surface area contributed by atoms with Crippen molar-refractivity contribution in [1.29, 1.82) is 5.26 Å². The molecule has 0 aromatic carbocycles. The fraction of sp³-hybridized carbons (Fsp3) is 0.250. The van der Waals surface area contributed by atoms with Gasteiger partial charge in [0.15, 0.2) is 0 Å². The molecule has 30 valence electrons. The summed E-state index contributed by atoms with van der Waals surface area (Å²) < 4.78 is 0. The Balaban J connectivity index is 2.60. The quantitative estimate of drug-likeness (QED) is 0.444. The zero-order chi connectivity index (χ0) is 4.41. The van der Waals surface area contributed by atoms with Crippen molar-refractivity contribution < 1.29 is 0 Å². The Bertz CT molecular complexity index is 118. The standard InChI is InChI=1S/C4H4N2/c5-1-4-2-6-3-4/h2,6H,3H2. The fourth-order valence-electron chi connectivity index (χ4n) is 0.276. The molecule has 1 aliphatic rings. The lowest BCUT2D eigenvalue weighted by Gasteiger charge is -2.06. The van der Waals surface area contributed by atoms with E-state index in [0.29, 0.717) is 0 Å². The number of hydrogen-bond acceptors (Lipinski definition) is 2. The van der Waals surface area contributed by atoms with Crippen LogP contribution >= 0.6 is 0 Å². The predicted octanol–water partition coefficient (Wildman–Crippen LogP) is -0.00292. The second-order valence-electron chi connectivity index (χ2n) is 1.16. The molecule has 6 heavy (non-hydrogen) atoms. The molecule has 0 saturated carbocycles. The van der Waals surface area contributed by atoms with Gasteiger partial charge < -0.3 is 5.32 Å². The van der Waals surface area contributed by atoms with Crippen molar-refractivity contribution in [2.45, 2.75) is 0 Å². The van der Waals surface area contributed by atoms with Crippen molar-refractivity contribution in [1.82, 2.24) is 5.32 Å². The Labute approximate surface area is 36.1 Å². The first-order valence-electron chi connectivity index (χ1n) is 1.76. The minimum atomic E-state index is 0.760. The van der Waals surface area contributed by atoms with Crippen LogP contribution in [0.25, 0.3) is 0 Å². The molecule has 0 atom stereocenters. The van der Waals surface area contributed by atoms with E-state index in [4.69, 9.17) is 5.26 Å². The highest BCUT2D eigenvalue weighted by molar-refractivity contribution is 5.27. The van der Waals surface area contributed by atoms with E-state index in [2.05, 4.69) is 5.32 Å². The molecular formula is C4H4N2. The van der Waals surface area contributed by atoms with Crippen LogP contribution in [0, 0.1) is 11.3 Å². The molecule has 0 bridgehead atoms. The van der Waals surface area contributed by atoms with Crippen molar-refractivity contribution in [3.05, 3.63) is 11.8 Å². The molecule has 1 rings (SSSR count). The van der Waals surface area contributed by atoms with Gasteiger partial charge in [-0.2, -0.15) is 5.26 Å². The van der Waals surface area contributed by atoms with Gasteiger partial charge >= 0.3 is 0 Å². The molecule has 0 aromatic heterocycles. The van der Waals surface area contributed by atoms with Crippen LogP contribution < -0.4 is 5.32 Å². The van der Waals surface area contributed by atoms with Crippen LogP contribution in [0.5, 0.6) is 0 Å². The summed E-state index contributed by atoms with van der Waals surface area (Å²) in [5.74, 6) is 0. The number of hydrogen-bond donors (Lipinski definition) is 1. The number of nitriles is 1. The average Bonchev–Trinajstić information content (AvgIpc) is 1.31. The van der Waals surface area contributed by atoms with Gasteiger partial charge in [-0.1, -0.05) is 0 Å². The van der Waals surface area contributed by atoms with E-state index in [1.54, 1.807) is 6.20 Å². The maximum Gasteiger partial charge on any atom is 0.0981 e. The maximum atomic E-state index is 8.03. The summed E-state index contributed by atoms with van der Waals surface area (Å²) in [4.78, 5) is 0. The highest BCUT2D eigenvalue weighted by Gasteiger charge is 1.99. The first kappa shape index (κ1) is 3.23. The van der Waals surface area contributed by atoms with Crippen molar-refractivity contribution in [2.24, 2.45) is 0 Å². The number of rotatable bonds is 0. The molecule has 0 saturated heterocycles. The van der Waals surface area contributed by atoms with Gasteiger partial charge in [-0.15, -0.1) is 0 Å². The molecule has 0 aliphatic carbocycles. The van der Waals surface area contributed by atoms with Gasteiger partial charge in [0.25, 0.3) is 0 Å². The van der Waals surface area contributed by atoms with Crippen LogP contribution in [0.1, 0.15) is 0 Å². The predicted molar refractivity (Wildman–Crippen MR) is 21.7 cm³/mol. The van der Waals surface area contributed by atoms with Gasteiger partial charge in [0, 0.05) is 6.20 Å². The molecular weight excluding hydrogens is 76.1 g/mol. The Morgan fingerprint density at radius 3 is 2.67 bits per heavy atom. The van der Waals surface area contributed by atoms with E-state index in [1.165, 1.54) is 0 Å². The summed E-state index contributed by atoms with van der Waals surface area (Å²) in [6, 6.07) is 2.00. The Morgan fingerprint density at radius 2 is 2.67 bits per heavy atom. The summed E-state index contributed by atoms with van der Waals surface area (Å²) in [6.45, 7) is 0.760. The summed E-state index contributed by atoms with van der Waals surface area (Å²) in [6.07, 6.45) is 1.71. The topological polar surface area (TPSA) is 35.8 Å². The normalized spacial score (nSPS) is 16.2. The summed E-state index contributed by atoms with van der Waals surface area (Å²) in [5, 5.41) is 10.9. The molecule has 0 fully saturated rings. The third kappa shape index (κ3) is 0.253. The SMILES string of the molecule is N#CC1=CNC1. The van der Waals surface area contributed by atoms with Gasteiger partial charge in [-0.25, -0.2) is 0 Å². The van der Waals surface area contributed by atoms with Crippen LogP contribution in [0.3, 0.4) is 0 Å². The Morgan fingerprint density at radius 1 is 2.00 bits per heavy atom. The fourth-order valence-corrected chi connectivity index (χ4v) is 0.276. The van der Waals surface area contributed by atoms with E-state index in [9.17, 15) is 0 Å². The lowest BCUT2D eigenvalue weighted by Crippen LogP contribution is -2.20. The van der Waals surface area contributed by atoms with Crippen LogP contribution in [0.2, 0.25) is 0 Å². The van der Waals surface area contributed by atoms with Gasteiger partial charge in [0.05, 0.1) is 18.2 Å². The molecule has 0 spiro atoms. The highest BCUT2D eigenvalue weighted by atomic mass is 14.9. The summed E-state index contributed by atoms with van der Waals surface area (Å²) >= 11 is 0. The highest BCUT2D eigenvalue weighted by Crippen LogP contribution is 1.94. The van der Waals surface area contributed by atoms with Crippen molar-refractivity contribution >= 4 is 0 Å². The monoisotopic (exact) mass is 80.0 g/mol. The van der Waals surface area contributed by atoms with E-state index < -0.39 is 0 Å². The van der Waals surface area contributed by atoms with E-state index in [-0.39, 0.29) is 0 Å². The van der Waals surface area contributed by atoms with Crippen molar-refractivity contribution in [3.8, 4) is 6.07 Å². The van der Waals surface area contributed by atoms with Crippen LogP contribution in [-0.4, -0.2) is 6.54 Å². The molecule has 2 heteroatoms. The molecule has 1 N–H and O–H groups in total. The number of nitrogens with zero attached hydrogens (tertiary/aromatic N) is 1. The average molecular weight is 80.1 g/mol. The summed E-state index contributed by atoms with van der Waals surface area (Å²) in [5.41, 5.74) is 0.843. The zero-order valence-electron chi connectivity index (χ0n) is 3.23. The second-order valence-corrected chi connectivity index (χ2v) is 1.16. The molecule has 1 heterocycles. The zero-order valence-corrected chi connectivity index (χ0v) is 3.23. The minimum absolute atomic E-state index is 0.760. The number of nitrogens with one attached hydrogen (secondary N) is 1. The van der Waals surface area contributed by atoms with E-state index in [0.717, 1.165) is 12.1 Å². The minimum Gasteiger partial charge on any atom is -0.385 e. The third-order valence-corrected chi connectivity index (χ3v) is 0.712. The van der Waals surface area contributed by atoms with Crippen LogP contribution in [-0.2, 0) is 0 Å². The smallest absolute Gasteiger partial charge is 0.0981 e. The molecule has 0 unspecified atom stereocenters. The van der Waals surface area contributed by atoms with Gasteiger partial charge in [0.2, 0.25) is 0 Å². The maximum absolute atomic E-state index is 8.03. The molecule has 0 amide bonds. The molecule has 2 nitrogen and oxygen atoms in total. The lowest BCUT2D eigenvalue weighted by molar-refractivity contribution is 0.862. The molecule has 1 aliphatic heterocycles. The third-order valence-electron chi connectivity index (χ3n) is 0.712. The molecule has 0 radical (unpaired) electrons. The Kier molecular flexibility index (Phi) is 0.548. The largest absolute Gasteiger partial charge is 0.385 e. The van der Waals surface area contributed by atoms with Crippen LogP contribution in [0.4, 0.5) is 0 Å². The second kappa shape index (κ2) is 1.02. The Hall–Kier alpha value is -0.970. The van der Waals surface area contributed by atoms with Crippen LogP contribution in [0.15, 0.2) is 11.8 Å². The lowest BCUT2D eigenvalue weighted by atomic mass is 10.2. The molecule has 0 aromatic rings. The van der Waals surface area contributed by atoms with Gasteiger partial charge in [-0.3, -0.25) is 0 Å². The summed E-state index contributed by atoms with van der Waals surface area (Å²) in [7, 11) is 0. The first-order chi connectivity index (χ1) is 2.93. The van der Waals surface area contributed by atoms with E-state index in [1.807, 2.05) is 6.07 Å². The van der Waals surface area contributed by atoms with Gasteiger partial charge in [0.1, 0.15) is 0 Å².